The molecule has 0 atom stereocenters. The van der Waals surface area contributed by atoms with Gasteiger partial charge in [0.1, 0.15) is 17.2 Å². The van der Waals surface area contributed by atoms with Gasteiger partial charge < -0.3 is 19.1 Å². The summed E-state index contributed by atoms with van der Waals surface area (Å²) < 4.78 is 17.4. The summed E-state index contributed by atoms with van der Waals surface area (Å²) in [4.78, 5) is 29.5. The lowest BCUT2D eigenvalue weighted by atomic mass is 10.2. The molecule has 3 aromatic rings. The lowest BCUT2D eigenvalue weighted by Gasteiger charge is -2.26. The third kappa shape index (κ3) is 6.02. The molecule has 0 radical (unpaired) electrons. The van der Waals surface area contributed by atoms with E-state index >= 15 is 0 Å². The van der Waals surface area contributed by atoms with Gasteiger partial charge in [-0.05, 0) is 48.5 Å². The standard InChI is InChI=1S/C28H24N2O5S2/c31-26(29-14-16-33-17-15-29)19-34-24-9-5-4-6-20(24)18-25-27(32)30(28(36)37-25)21-10-12-23(13-11-21)35-22-7-2-1-3-8-22/h1-13,18H,14-17,19H2/b25-18-. The van der Waals surface area contributed by atoms with Crippen LogP contribution in [0.4, 0.5) is 5.69 Å². The Morgan fingerprint density at radius 2 is 1.62 bits per heavy atom. The SMILES string of the molecule is O=C(COc1ccccc1/C=C1\SC(=S)N(c2ccc(Oc3ccccc3)cc2)C1=O)N1CCOCC1. The number of benzene rings is 3. The molecule has 5 rings (SSSR count). The van der Waals surface area contributed by atoms with E-state index in [0.29, 0.717) is 58.3 Å². The first kappa shape index (κ1) is 25.0. The van der Waals surface area contributed by atoms with Gasteiger partial charge in [0, 0.05) is 18.7 Å². The van der Waals surface area contributed by atoms with Gasteiger partial charge in [-0.25, -0.2) is 0 Å². The molecule has 0 saturated carbocycles. The Morgan fingerprint density at radius 3 is 2.38 bits per heavy atom. The van der Waals surface area contributed by atoms with Crippen LogP contribution in [0.25, 0.3) is 6.08 Å². The number of amides is 2. The lowest BCUT2D eigenvalue weighted by Crippen LogP contribution is -2.43. The second-order valence-electron chi connectivity index (χ2n) is 8.25. The van der Waals surface area contributed by atoms with Gasteiger partial charge in [0.05, 0.1) is 23.8 Å². The van der Waals surface area contributed by atoms with Crippen molar-refractivity contribution in [3.63, 3.8) is 0 Å². The van der Waals surface area contributed by atoms with Gasteiger partial charge in [0.2, 0.25) is 0 Å². The summed E-state index contributed by atoms with van der Waals surface area (Å²) in [5, 5.41) is 0. The predicted molar refractivity (Wildman–Crippen MR) is 148 cm³/mol. The number of hydrogen-bond donors (Lipinski definition) is 0. The van der Waals surface area contributed by atoms with Crippen molar-refractivity contribution in [2.75, 3.05) is 37.8 Å². The molecule has 2 amide bonds. The highest BCUT2D eigenvalue weighted by Crippen LogP contribution is 2.38. The minimum Gasteiger partial charge on any atom is -0.483 e. The van der Waals surface area contributed by atoms with Gasteiger partial charge in [-0.2, -0.15) is 0 Å². The van der Waals surface area contributed by atoms with Gasteiger partial charge in [-0.3, -0.25) is 14.5 Å². The molecule has 0 aliphatic carbocycles. The van der Waals surface area contributed by atoms with Crippen molar-refractivity contribution >= 4 is 51.9 Å². The van der Waals surface area contributed by atoms with Gasteiger partial charge in [0.15, 0.2) is 10.9 Å². The summed E-state index contributed by atoms with van der Waals surface area (Å²) in [5.74, 6) is 1.61. The molecule has 0 bridgehead atoms. The quantitative estimate of drug-likeness (QED) is 0.309. The van der Waals surface area contributed by atoms with Crippen molar-refractivity contribution in [3.8, 4) is 17.2 Å². The first-order valence-electron chi connectivity index (χ1n) is 11.8. The second kappa shape index (κ2) is 11.6. The smallest absolute Gasteiger partial charge is 0.270 e. The summed E-state index contributed by atoms with van der Waals surface area (Å²) in [6.45, 7) is 2.11. The van der Waals surface area contributed by atoms with Crippen LogP contribution in [0.5, 0.6) is 17.2 Å². The minimum absolute atomic E-state index is 0.0801. The van der Waals surface area contributed by atoms with Crippen LogP contribution in [0.3, 0.4) is 0 Å². The topological polar surface area (TPSA) is 68.3 Å². The maximum Gasteiger partial charge on any atom is 0.270 e. The Balaban J connectivity index is 1.28. The number of morpholine rings is 1. The fourth-order valence-corrected chi connectivity index (χ4v) is 5.18. The molecule has 3 aromatic carbocycles. The average molecular weight is 533 g/mol. The van der Waals surface area contributed by atoms with E-state index in [1.54, 1.807) is 41.3 Å². The van der Waals surface area contributed by atoms with Crippen LogP contribution in [0, 0.1) is 0 Å². The van der Waals surface area contributed by atoms with Crippen molar-refractivity contribution in [2.45, 2.75) is 0 Å². The largest absolute Gasteiger partial charge is 0.483 e. The zero-order valence-corrected chi connectivity index (χ0v) is 21.5. The molecule has 2 saturated heterocycles. The van der Waals surface area contributed by atoms with Crippen LogP contribution >= 0.6 is 24.0 Å². The molecule has 9 heteroatoms. The van der Waals surface area contributed by atoms with E-state index in [2.05, 4.69) is 0 Å². The number of nitrogens with zero attached hydrogens (tertiary/aromatic N) is 2. The molecular weight excluding hydrogens is 508 g/mol. The predicted octanol–water partition coefficient (Wildman–Crippen LogP) is 5.12. The summed E-state index contributed by atoms with van der Waals surface area (Å²) >= 11 is 6.75. The molecule has 0 spiro atoms. The fraction of sp³-hybridized carbons (Fsp3) is 0.179. The summed E-state index contributed by atoms with van der Waals surface area (Å²) in [7, 11) is 0. The van der Waals surface area contributed by atoms with Gasteiger partial charge in [-0.1, -0.05) is 60.4 Å². The van der Waals surface area contributed by atoms with Crippen molar-refractivity contribution in [1.82, 2.24) is 4.90 Å². The molecule has 2 aliphatic rings. The highest BCUT2D eigenvalue weighted by molar-refractivity contribution is 8.27. The van der Waals surface area contributed by atoms with Gasteiger partial charge >= 0.3 is 0 Å². The van der Waals surface area contributed by atoms with Crippen LogP contribution in [0.2, 0.25) is 0 Å². The Morgan fingerprint density at radius 1 is 0.946 bits per heavy atom. The molecule has 0 aromatic heterocycles. The van der Waals surface area contributed by atoms with Crippen LogP contribution in [-0.4, -0.2) is 53.9 Å². The maximum atomic E-state index is 13.3. The number of carbonyl (C=O) groups excluding carboxylic acids is 2. The summed E-state index contributed by atoms with van der Waals surface area (Å²) in [6.07, 6.45) is 1.75. The van der Waals surface area contributed by atoms with Gasteiger partial charge in [-0.15, -0.1) is 0 Å². The van der Waals surface area contributed by atoms with Crippen LogP contribution < -0.4 is 14.4 Å². The number of thiocarbonyl (C=S) groups is 1. The van der Waals surface area contributed by atoms with E-state index in [9.17, 15) is 9.59 Å². The van der Waals surface area contributed by atoms with Crippen LogP contribution in [0.1, 0.15) is 5.56 Å². The average Bonchev–Trinajstić information content (AvgIpc) is 3.21. The Hall–Kier alpha value is -3.66. The van der Waals surface area contributed by atoms with E-state index in [4.69, 9.17) is 26.4 Å². The van der Waals surface area contributed by atoms with E-state index in [1.807, 2.05) is 48.5 Å². The van der Waals surface area contributed by atoms with Crippen molar-refractivity contribution < 1.29 is 23.8 Å². The molecular formula is C28H24N2O5S2. The van der Waals surface area contributed by atoms with E-state index in [1.165, 1.54) is 16.7 Å². The number of hydrogen-bond acceptors (Lipinski definition) is 7. The monoisotopic (exact) mass is 532 g/mol. The van der Waals surface area contributed by atoms with Gasteiger partial charge in [0.25, 0.3) is 11.8 Å². The molecule has 2 heterocycles. The molecule has 7 nitrogen and oxygen atoms in total. The summed E-state index contributed by atoms with van der Waals surface area (Å²) in [5.41, 5.74) is 1.36. The molecule has 188 valence electrons. The molecule has 2 fully saturated rings. The number of para-hydroxylation sites is 2. The maximum absolute atomic E-state index is 13.3. The van der Waals surface area contributed by atoms with Crippen molar-refractivity contribution in [1.29, 1.82) is 0 Å². The minimum atomic E-state index is -0.217. The first-order chi connectivity index (χ1) is 18.1. The second-order valence-corrected chi connectivity index (χ2v) is 9.92. The van der Waals surface area contributed by atoms with Crippen LogP contribution in [0.15, 0.2) is 83.8 Å². The Labute approximate surface area is 224 Å². The van der Waals surface area contributed by atoms with E-state index in [-0.39, 0.29) is 18.4 Å². The number of ether oxygens (including phenoxy) is 3. The van der Waals surface area contributed by atoms with Crippen LogP contribution in [-0.2, 0) is 14.3 Å². The van der Waals surface area contributed by atoms with E-state index < -0.39 is 0 Å². The third-order valence-corrected chi connectivity index (χ3v) is 7.09. The molecule has 0 N–H and O–H groups in total. The van der Waals surface area contributed by atoms with Crippen molar-refractivity contribution in [2.24, 2.45) is 0 Å². The highest BCUT2D eigenvalue weighted by atomic mass is 32.2. The highest BCUT2D eigenvalue weighted by Gasteiger charge is 2.33. The number of thioether (sulfide) groups is 1. The number of rotatable bonds is 7. The molecule has 0 unspecified atom stereocenters. The third-order valence-electron chi connectivity index (χ3n) is 5.79. The zero-order valence-electron chi connectivity index (χ0n) is 19.9. The Bertz CT molecular complexity index is 1320. The number of anilines is 1. The molecule has 2 aliphatic heterocycles. The normalized spacial score (nSPS) is 16.8. The Kier molecular flexibility index (Phi) is 7.84. The zero-order chi connectivity index (χ0) is 25.6. The number of carbonyl (C=O) groups is 2. The fourth-order valence-electron chi connectivity index (χ4n) is 3.89. The van der Waals surface area contributed by atoms with Crippen molar-refractivity contribution in [3.05, 3.63) is 89.3 Å². The molecule has 37 heavy (non-hydrogen) atoms. The summed E-state index contributed by atoms with van der Waals surface area (Å²) in [6, 6.07) is 24.0. The lowest BCUT2D eigenvalue weighted by molar-refractivity contribution is -0.137. The van der Waals surface area contributed by atoms with E-state index in [0.717, 1.165) is 5.75 Å². The first-order valence-corrected chi connectivity index (χ1v) is 13.0.